The first kappa shape index (κ1) is 19.7. The molecule has 1 aromatic heterocycles. The van der Waals surface area contributed by atoms with Gasteiger partial charge in [-0.1, -0.05) is 30.9 Å². The van der Waals surface area contributed by atoms with Crippen LogP contribution in [-0.4, -0.2) is 23.2 Å². The van der Waals surface area contributed by atoms with Gasteiger partial charge < -0.3 is 10.1 Å². The predicted octanol–water partition coefficient (Wildman–Crippen LogP) is 4.52. The van der Waals surface area contributed by atoms with Crippen molar-refractivity contribution in [1.29, 1.82) is 0 Å². The molecule has 0 aliphatic rings. The fraction of sp³-hybridized carbons (Fsp3) is 0.400. The lowest BCUT2D eigenvalue weighted by atomic mass is 9.99. The van der Waals surface area contributed by atoms with E-state index >= 15 is 0 Å². The molecule has 130 valence electrons. The second-order valence-electron chi connectivity index (χ2n) is 6.72. The van der Waals surface area contributed by atoms with Gasteiger partial charge in [0.2, 0.25) is 0 Å². The van der Waals surface area contributed by atoms with Crippen LogP contribution >= 0.6 is 0 Å². The minimum Gasteiger partial charge on any atom is -0.444 e. The Morgan fingerprint density at radius 3 is 2.67 bits per heavy atom. The van der Waals surface area contributed by atoms with Crippen LogP contribution in [0.2, 0.25) is 0 Å². The molecule has 0 atom stereocenters. The first-order valence-electron chi connectivity index (χ1n) is 8.08. The number of pyridine rings is 1. The molecule has 1 aromatic rings. The summed E-state index contributed by atoms with van der Waals surface area (Å²) in [4.78, 5) is 16.0. The van der Waals surface area contributed by atoms with Gasteiger partial charge in [-0.3, -0.25) is 4.98 Å². The minimum absolute atomic E-state index is 0.345. The van der Waals surface area contributed by atoms with Crippen LogP contribution in [0.1, 0.15) is 38.8 Å². The van der Waals surface area contributed by atoms with Crippen LogP contribution in [0.4, 0.5) is 4.79 Å². The third-order valence-electron chi connectivity index (χ3n) is 3.12. The molecule has 0 fully saturated rings. The molecule has 0 spiro atoms. The van der Waals surface area contributed by atoms with E-state index in [0.29, 0.717) is 13.0 Å². The number of aromatic nitrogens is 1. The number of ether oxygens (including phenoxy) is 1. The van der Waals surface area contributed by atoms with Crippen LogP contribution in [0, 0.1) is 6.92 Å². The van der Waals surface area contributed by atoms with Gasteiger partial charge in [0.25, 0.3) is 0 Å². The van der Waals surface area contributed by atoms with E-state index in [4.69, 9.17) is 4.74 Å². The molecule has 0 saturated heterocycles. The van der Waals surface area contributed by atoms with Crippen molar-refractivity contribution in [3.63, 3.8) is 0 Å². The van der Waals surface area contributed by atoms with Crippen LogP contribution < -0.4 is 5.32 Å². The van der Waals surface area contributed by atoms with Crippen molar-refractivity contribution in [2.24, 2.45) is 0 Å². The Hall–Kier alpha value is -2.36. The van der Waals surface area contributed by atoms with Gasteiger partial charge in [-0.05, 0) is 63.3 Å². The lowest BCUT2D eigenvalue weighted by molar-refractivity contribution is 0.0533. The highest BCUT2D eigenvalue weighted by molar-refractivity contribution is 5.68. The maximum absolute atomic E-state index is 11.8. The Bertz CT molecular complexity index is 637. The van der Waals surface area contributed by atoms with E-state index in [9.17, 15) is 4.79 Å². The Kier molecular flexibility index (Phi) is 7.43. The van der Waals surface area contributed by atoms with Crippen molar-refractivity contribution in [2.45, 2.75) is 46.6 Å². The topological polar surface area (TPSA) is 51.2 Å². The van der Waals surface area contributed by atoms with Gasteiger partial charge in [0.1, 0.15) is 5.60 Å². The molecule has 24 heavy (non-hydrogen) atoms. The van der Waals surface area contributed by atoms with E-state index in [1.165, 1.54) is 0 Å². The molecular formula is C20H28N2O2. The van der Waals surface area contributed by atoms with Crippen molar-refractivity contribution in [3.05, 3.63) is 65.5 Å². The molecule has 4 heteroatoms. The van der Waals surface area contributed by atoms with Gasteiger partial charge in [0.15, 0.2) is 0 Å². The zero-order valence-corrected chi connectivity index (χ0v) is 15.3. The number of aryl methyl sites for hydroxylation is 1. The van der Waals surface area contributed by atoms with E-state index in [1.54, 1.807) is 0 Å². The Morgan fingerprint density at radius 2 is 2.08 bits per heavy atom. The Morgan fingerprint density at radius 1 is 1.38 bits per heavy atom. The third-order valence-corrected chi connectivity index (χ3v) is 3.12. The largest absolute Gasteiger partial charge is 0.444 e. The molecule has 0 aromatic carbocycles. The van der Waals surface area contributed by atoms with E-state index in [2.05, 4.69) is 22.9 Å². The van der Waals surface area contributed by atoms with Crippen LogP contribution in [0.15, 0.2) is 54.4 Å². The maximum Gasteiger partial charge on any atom is 0.407 e. The number of amides is 1. The highest BCUT2D eigenvalue weighted by Gasteiger charge is 2.16. The summed E-state index contributed by atoms with van der Waals surface area (Å²) < 4.78 is 5.25. The number of hydrogen-bond donors (Lipinski definition) is 1. The maximum atomic E-state index is 11.8. The van der Waals surface area contributed by atoms with E-state index in [-0.39, 0.29) is 0 Å². The second-order valence-corrected chi connectivity index (χ2v) is 6.72. The minimum atomic E-state index is -0.512. The van der Waals surface area contributed by atoms with E-state index in [0.717, 1.165) is 22.3 Å². The summed E-state index contributed by atoms with van der Waals surface area (Å²) in [5.74, 6) is 0. The van der Waals surface area contributed by atoms with Crippen LogP contribution in [-0.2, 0) is 11.2 Å². The summed E-state index contributed by atoms with van der Waals surface area (Å²) in [6.45, 7) is 13.9. The SMILES string of the molecule is C=C(CNC(=O)OC(C)(C)C)/C(=C\C=C/C)Cc1cncc(C)c1. The Balaban J connectivity index is 2.74. The molecule has 1 N–H and O–H groups in total. The van der Waals surface area contributed by atoms with Gasteiger partial charge in [0, 0.05) is 18.9 Å². The monoisotopic (exact) mass is 328 g/mol. The normalized spacial score (nSPS) is 12.3. The first-order chi connectivity index (χ1) is 11.2. The number of carbonyl (C=O) groups is 1. The molecule has 1 amide bonds. The van der Waals surface area contributed by atoms with Crippen molar-refractivity contribution >= 4 is 6.09 Å². The first-order valence-corrected chi connectivity index (χ1v) is 8.08. The highest BCUT2D eigenvalue weighted by atomic mass is 16.6. The smallest absolute Gasteiger partial charge is 0.407 e. The van der Waals surface area contributed by atoms with Gasteiger partial charge in [0.05, 0.1) is 0 Å². The predicted molar refractivity (Wildman–Crippen MR) is 99.0 cm³/mol. The van der Waals surface area contributed by atoms with Crippen molar-refractivity contribution in [1.82, 2.24) is 10.3 Å². The van der Waals surface area contributed by atoms with Crippen LogP contribution in [0.25, 0.3) is 0 Å². The lowest BCUT2D eigenvalue weighted by Crippen LogP contribution is -2.33. The zero-order valence-electron chi connectivity index (χ0n) is 15.3. The third kappa shape index (κ3) is 7.77. The molecule has 0 radical (unpaired) electrons. The summed E-state index contributed by atoms with van der Waals surface area (Å²) >= 11 is 0. The summed E-state index contributed by atoms with van der Waals surface area (Å²) in [6, 6.07) is 2.10. The van der Waals surface area contributed by atoms with Gasteiger partial charge in [-0.2, -0.15) is 0 Å². The lowest BCUT2D eigenvalue weighted by Gasteiger charge is -2.20. The number of alkyl carbamates (subject to hydrolysis) is 1. The quantitative estimate of drug-likeness (QED) is 0.781. The summed E-state index contributed by atoms with van der Waals surface area (Å²) in [5.41, 5.74) is 3.62. The van der Waals surface area contributed by atoms with E-state index in [1.807, 2.05) is 65.2 Å². The number of hydrogen-bond acceptors (Lipinski definition) is 3. The average Bonchev–Trinajstić information content (AvgIpc) is 2.47. The van der Waals surface area contributed by atoms with Gasteiger partial charge in [-0.15, -0.1) is 0 Å². The molecule has 0 aliphatic heterocycles. The zero-order chi connectivity index (χ0) is 18.2. The van der Waals surface area contributed by atoms with Crippen molar-refractivity contribution in [2.75, 3.05) is 6.54 Å². The second kappa shape index (κ2) is 9.06. The number of nitrogens with one attached hydrogen (secondary N) is 1. The van der Waals surface area contributed by atoms with E-state index < -0.39 is 11.7 Å². The van der Waals surface area contributed by atoms with Gasteiger partial charge in [-0.25, -0.2) is 4.79 Å². The molecule has 0 bridgehead atoms. The number of nitrogens with zero attached hydrogens (tertiary/aromatic N) is 1. The summed E-state index contributed by atoms with van der Waals surface area (Å²) in [6.07, 6.45) is 9.91. The highest BCUT2D eigenvalue weighted by Crippen LogP contribution is 2.16. The van der Waals surface area contributed by atoms with Crippen LogP contribution in [0.3, 0.4) is 0 Å². The standard InChI is InChI=1S/C20H28N2O2/c1-7-8-9-18(11-17-10-15(2)12-21-14-17)16(3)13-22-19(23)24-20(4,5)6/h7-10,12,14H,3,11,13H2,1-2,4-6H3,(H,22,23)/b8-7-,18-9-. The van der Waals surface area contributed by atoms with Gasteiger partial charge >= 0.3 is 6.09 Å². The number of carbonyl (C=O) groups excluding carboxylic acids is 1. The number of allylic oxidation sites excluding steroid dienone is 3. The molecular weight excluding hydrogens is 300 g/mol. The molecule has 0 saturated carbocycles. The van der Waals surface area contributed by atoms with Crippen molar-refractivity contribution in [3.8, 4) is 0 Å². The molecule has 1 rings (SSSR count). The summed E-state index contributed by atoms with van der Waals surface area (Å²) in [7, 11) is 0. The fourth-order valence-corrected chi connectivity index (χ4v) is 2.05. The van der Waals surface area contributed by atoms with Crippen LogP contribution in [0.5, 0.6) is 0 Å². The van der Waals surface area contributed by atoms with Crippen molar-refractivity contribution < 1.29 is 9.53 Å². The number of rotatable bonds is 6. The molecule has 0 aliphatic carbocycles. The average molecular weight is 328 g/mol. The fourth-order valence-electron chi connectivity index (χ4n) is 2.05. The molecule has 0 unspecified atom stereocenters. The Labute approximate surface area is 145 Å². The molecule has 1 heterocycles. The summed E-state index contributed by atoms with van der Waals surface area (Å²) in [5, 5.41) is 2.75. The molecule has 4 nitrogen and oxygen atoms in total.